The third-order valence-corrected chi connectivity index (χ3v) is 3.53. The topological polar surface area (TPSA) is 112 Å². The van der Waals surface area contributed by atoms with Crippen LogP contribution in [0, 0.1) is 0 Å². The lowest BCUT2D eigenvalue weighted by molar-refractivity contribution is 0.0642. The van der Waals surface area contributed by atoms with E-state index in [1.54, 1.807) is 10.9 Å². The van der Waals surface area contributed by atoms with Crippen molar-refractivity contribution < 1.29 is 20.1 Å². The van der Waals surface area contributed by atoms with E-state index in [2.05, 4.69) is 15.6 Å². The van der Waals surface area contributed by atoms with Crippen LogP contribution in [0.4, 0.5) is 5.82 Å². The van der Waals surface area contributed by atoms with Crippen LogP contribution in [-0.4, -0.2) is 44.2 Å². The Hall–Kier alpha value is -1.77. The van der Waals surface area contributed by atoms with Gasteiger partial charge >= 0.3 is 0 Å². The number of hydrogen-bond acceptors (Lipinski definition) is 7. The molecule has 3 atom stereocenters. The molecule has 0 aliphatic carbocycles. The quantitative estimate of drug-likeness (QED) is 0.517. The second-order valence-corrected chi connectivity index (χ2v) is 4.98. The predicted molar refractivity (Wildman–Crippen MR) is 69.8 cm³/mol. The molecule has 8 heteroatoms. The zero-order chi connectivity index (χ0) is 14.3. The molecule has 0 bridgehead atoms. The van der Waals surface area contributed by atoms with E-state index in [4.69, 9.17) is 9.84 Å². The molecule has 2 aliphatic rings. The number of imidazole rings is 1. The molecule has 3 rings (SSSR count). The van der Waals surface area contributed by atoms with Crippen LogP contribution >= 0.6 is 0 Å². The second-order valence-electron chi connectivity index (χ2n) is 4.98. The summed E-state index contributed by atoms with van der Waals surface area (Å²) in [6.07, 6.45) is 0.624. The van der Waals surface area contributed by atoms with Gasteiger partial charge in [0.1, 0.15) is 30.0 Å². The standard InChI is InChI=1S/C12H18N4O4/c1-6-13-3-8(19)11-12(15-6)16(5-14-11)10-2-7(18)9(4-17)20-10/h5-6,8,10,13,15,17-19H,2-4H2,1H3/t6?,8-,10-/m1/s1. The molecular weight excluding hydrogens is 264 g/mol. The molecular formula is C12H18N4O4. The van der Waals surface area contributed by atoms with Crippen molar-refractivity contribution in [2.24, 2.45) is 0 Å². The van der Waals surface area contributed by atoms with Crippen molar-refractivity contribution in [3.63, 3.8) is 0 Å². The Balaban J connectivity index is 1.90. The van der Waals surface area contributed by atoms with Gasteiger partial charge in [-0.05, 0) is 6.92 Å². The van der Waals surface area contributed by atoms with Gasteiger partial charge in [0, 0.05) is 6.54 Å². The highest BCUT2D eigenvalue weighted by atomic mass is 16.5. The third-order valence-electron chi connectivity index (χ3n) is 3.53. The lowest BCUT2D eigenvalue weighted by Gasteiger charge is -2.19. The Morgan fingerprint density at radius 2 is 2.35 bits per heavy atom. The molecule has 0 fully saturated rings. The first kappa shape index (κ1) is 13.2. The Kier molecular flexibility index (Phi) is 3.28. The van der Waals surface area contributed by atoms with Gasteiger partial charge in [-0.3, -0.25) is 9.88 Å². The molecule has 110 valence electrons. The SMILES string of the molecule is CC1NC[C@@H](O)c2ncn([C@H]3CC(O)=C(CO)O3)c2N1. The lowest BCUT2D eigenvalue weighted by atomic mass is 10.2. The molecule has 0 spiro atoms. The number of nitrogens with zero attached hydrogens (tertiary/aromatic N) is 2. The summed E-state index contributed by atoms with van der Waals surface area (Å²) in [5, 5.41) is 35.2. The van der Waals surface area contributed by atoms with E-state index in [-0.39, 0.29) is 30.7 Å². The first-order chi connectivity index (χ1) is 9.60. The van der Waals surface area contributed by atoms with Gasteiger partial charge in [-0.25, -0.2) is 4.98 Å². The summed E-state index contributed by atoms with van der Waals surface area (Å²) in [4.78, 5) is 4.22. The van der Waals surface area contributed by atoms with Crippen LogP contribution < -0.4 is 10.6 Å². The Morgan fingerprint density at radius 3 is 3.05 bits per heavy atom. The smallest absolute Gasteiger partial charge is 0.185 e. The number of nitrogens with one attached hydrogen (secondary N) is 2. The normalized spacial score (nSPS) is 29.6. The van der Waals surface area contributed by atoms with Crippen molar-refractivity contribution in [3.8, 4) is 0 Å². The molecule has 0 saturated carbocycles. The fraction of sp³-hybridized carbons (Fsp3) is 0.583. The summed E-state index contributed by atoms with van der Waals surface area (Å²) < 4.78 is 7.23. The first-order valence-electron chi connectivity index (χ1n) is 6.53. The number of aliphatic hydroxyl groups excluding tert-OH is 3. The highest BCUT2D eigenvalue weighted by Crippen LogP contribution is 2.35. The molecule has 0 saturated heterocycles. The van der Waals surface area contributed by atoms with Crippen LogP contribution in [0.5, 0.6) is 0 Å². The average molecular weight is 282 g/mol. The summed E-state index contributed by atoms with van der Waals surface area (Å²) in [6, 6.07) is 0. The molecule has 2 aliphatic heterocycles. The maximum absolute atomic E-state index is 10.0. The molecule has 0 aromatic carbocycles. The lowest BCUT2D eigenvalue weighted by Crippen LogP contribution is -2.34. The molecule has 0 amide bonds. The monoisotopic (exact) mass is 282 g/mol. The van der Waals surface area contributed by atoms with Crippen LogP contribution in [0.1, 0.15) is 31.4 Å². The van der Waals surface area contributed by atoms with Crippen LogP contribution in [0.15, 0.2) is 17.8 Å². The van der Waals surface area contributed by atoms with Crippen molar-refractivity contribution in [1.29, 1.82) is 0 Å². The minimum absolute atomic E-state index is 0.0263. The minimum atomic E-state index is -0.705. The van der Waals surface area contributed by atoms with Crippen molar-refractivity contribution in [2.75, 3.05) is 18.5 Å². The van der Waals surface area contributed by atoms with Crippen molar-refractivity contribution in [3.05, 3.63) is 23.5 Å². The molecule has 1 aromatic rings. The van der Waals surface area contributed by atoms with E-state index >= 15 is 0 Å². The van der Waals surface area contributed by atoms with Gasteiger partial charge in [0.05, 0.1) is 18.9 Å². The number of hydrogen-bond donors (Lipinski definition) is 5. The summed E-state index contributed by atoms with van der Waals surface area (Å²) in [5.41, 5.74) is 0.544. The summed E-state index contributed by atoms with van der Waals surface area (Å²) in [6.45, 7) is 2.01. The highest BCUT2D eigenvalue weighted by Gasteiger charge is 2.31. The van der Waals surface area contributed by atoms with Crippen LogP contribution in [0.2, 0.25) is 0 Å². The van der Waals surface area contributed by atoms with Gasteiger partial charge in [-0.15, -0.1) is 0 Å². The number of ether oxygens (including phenoxy) is 1. The molecule has 1 unspecified atom stereocenters. The van der Waals surface area contributed by atoms with Gasteiger partial charge in [-0.1, -0.05) is 0 Å². The largest absolute Gasteiger partial charge is 0.508 e. The number of β-amino-alcohol motifs (C(OH)–C–C–N with tert-alkyl or cyclic N) is 1. The van der Waals surface area contributed by atoms with E-state index in [9.17, 15) is 10.2 Å². The number of aromatic nitrogens is 2. The van der Waals surface area contributed by atoms with Gasteiger partial charge in [0.15, 0.2) is 12.0 Å². The number of rotatable bonds is 2. The van der Waals surface area contributed by atoms with E-state index in [0.717, 1.165) is 0 Å². The fourth-order valence-corrected chi connectivity index (χ4v) is 2.46. The average Bonchev–Trinajstić information content (AvgIpc) is 2.96. The van der Waals surface area contributed by atoms with Crippen molar-refractivity contribution >= 4 is 5.82 Å². The Morgan fingerprint density at radius 1 is 1.55 bits per heavy atom. The van der Waals surface area contributed by atoms with E-state index in [1.165, 1.54) is 0 Å². The summed E-state index contributed by atoms with van der Waals surface area (Å²) in [5.74, 6) is 0.880. The second kappa shape index (κ2) is 4.97. The zero-order valence-corrected chi connectivity index (χ0v) is 11.1. The molecule has 3 heterocycles. The van der Waals surface area contributed by atoms with Crippen molar-refractivity contribution in [1.82, 2.24) is 14.9 Å². The predicted octanol–water partition coefficient (Wildman–Crippen LogP) is -0.0416. The van der Waals surface area contributed by atoms with Crippen molar-refractivity contribution in [2.45, 2.75) is 31.8 Å². The third kappa shape index (κ3) is 2.11. The first-order valence-corrected chi connectivity index (χ1v) is 6.53. The molecule has 8 nitrogen and oxygen atoms in total. The number of anilines is 1. The van der Waals surface area contributed by atoms with Crippen LogP contribution in [0.3, 0.4) is 0 Å². The Bertz CT molecular complexity index is 542. The molecule has 20 heavy (non-hydrogen) atoms. The van der Waals surface area contributed by atoms with Gasteiger partial charge in [0.25, 0.3) is 0 Å². The number of aliphatic hydroxyl groups is 3. The van der Waals surface area contributed by atoms with E-state index in [1.807, 2.05) is 6.92 Å². The maximum Gasteiger partial charge on any atom is 0.185 e. The highest BCUT2D eigenvalue weighted by molar-refractivity contribution is 5.45. The number of fused-ring (bicyclic) bond motifs is 1. The van der Waals surface area contributed by atoms with Gasteiger partial charge in [-0.2, -0.15) is 0 Å². The molecule has 5 N–H and O–H groups in total. The van der Waals surface area contributed by atoms with Crippen LogP contribution in [0.25, 0.3) is 0 Å². The summed E-state index contributed by atoms with van der Waals surface area (Å²) in [7, 11) is 0. The van der Waals surface area contributed by atoms with Gasteiger partial charge in [0.2, 0.25) is 0 Å². The Labute approximate surface area is 115 Å². The van der Waals surface area contributed by atoms with E-state index in [0.29, 0.717) is 18.1 Å². The maximum atomic E-state index is 10.0. The molecule has 0 radical (unpaired) electrons. The molecule has 1 aromatic heterocycles. The minimum Gasteiger partial charge on any atom is -0.508 e. The van der Waals surface area contributed by atoms with Crippen LogP contribution in [-0.2, 0) is 4.74 Å². The fourth-order valence-electron chi connectivity index (χ4n) is 2.46. The zero-order valence-electron chi connectivity index (χ0n) is 11.1. The van der Waals surface area contributed by atoms with Gasteiger partial charge < -0.3 is 25.4 Å². The summed E-state index contributed by atoms with van der Waals surface area (Å²) >= 11 is 0. The van der Waals surface area contributed by atoms with E-state index < -0.39 is 12.3 Å².